The van der Waals surface area contributed by atoms with E-state index in [9.17, 15) is 10.1 Å². The van der Waals surface area contributed by atoms with E-state index in [2.05, 4.69) is 23.6 Å². The van der Waals surface area contributed by atoms with Crippen molar-refractivity contribution in [2.45, 2.75) is 33.1 Å². The Morgan fingerprint density at radius 2 is 2.25 bits per heavy atom. The molecule has 0 saturated heterocycles. The van der Waals surface area contributed by atoms with E-state index in [-0.39, 0.29) is 11.6 Å². The first-order valence-corrected chi connectivity index (χ1v) is 7.67. The number of nitriles is 1. The number of hydrogen-bond donors (Lipinski definition) is 3. The molecule has 0 aromatic carbocycles. The van der Waals surface area contributed by atoms with Crippen LogP contribution in [-0.2, 0) is 0 Å². The molecule has 0 spiro atoms. The molecule has 1 heterocycles. The van der Waals surface area contributed by atoms with Crippen LogP contribution in [0, 0.1) is 16.7 Å². The number of amides is 1. The highest BCUT2D eigenvalue weighted by Crippen LogP contribution is 2.42. The molecule has 4 N–H and O–H groups in total. The highest BCUT2D eigenvalue weighted by molar-refractivity contribution is 7.18. The fraction of sp³-hybridized carbons (Fsp3) is 0.571. The van der Waals surface area contributed by atoms with Gasteiger partial charge >= 0.3 is 0 Å². The number of carbonyl (C=O) groups excluding carboxylic acids is 1. The number of hydrogen-bond acceptors (Lipinski definition) is 5. The van der Waals surface area contributed by atoms with Gasteiger partial charge in [0.15, 0.2) is 0 Å². The normalized spacial score (nSPS) is 16.1. The molecule has 1 aromatic heterocycles. The zero-order valence-corrected chi connectivity index (χ0v) is 12.7. The minimum atomic E-state index is -0.214. The quantitative estimate of drug-likeness (QED) is 0.778. The van der Waals surface area contributed by atoms with Crippen molar-refractivity contribution < 1.29 is 4.79 Å². The molecule has 0 unspecified atom stereocenters. The maximum atomic E-state index is 11.9. The van der Waals surface area contributed by atoms with Crippen molar-refractivity contribution >= 4 is 27.9 Å². The Kier molecular flexibility index (Phi) is 4.19. The van der Waals surface area contributed by atoms with Crippen LogP contribution in [0.25, 0.3) is 0 Å². The van der Waals surface area contributed by atoms with E-state index in [0.29, 0.717) is 27.4 Å². The lowest BCUT2D eigenvalue weighted by Crippen LogP contribution is -2.33. The lowest BCUT2D eigenvalue weighted by atomic mass is 9.70. The van der Waals surface area contributed by atoms with Crippen LogP contribution in [0.1, 0.15) is 48.3 Å². The molecule has 0 atom stereocenters. The molecule has 1 fully saturated rings. The number of carbonyl (C=O) groups is 1. The van der Waals surface area contributed by atoms with Crippen molar-refractivity contribution in [2.75, 3.05) is 24.1 Å². The van der Waals surface area contributed by atoms with Gasteiger partial charge in [0.1, 0.15) is 21.5 Å². The summed E-state index contributed by atoms with van der Waals surface area (Å²) >= 11 is 1.26. The molecule has 0 radical (unpaired) electrons. The number of anilines is 2. The third kappa shape index (κ3) is 2.73. The van der Waals surface area contributed by atoms with Crippen LogP contribution in [-0.4, -0.2) is 19.0 Å². The molecule has 1 saturated carbocycles. The first-order valence-electron chi connectivity index (χ1n) is 6.85. The number of nitrogens with two attached hydrogens (primary N) is 1. The summed E-state index contributed by atoms with van der Waals surface area (Å²) in [5.41, 5.74) is 6.89. The van der Waals surface area contributed by atoms with Gasteiger partial charge in [-0.05, 0) is 25.2 Å². The highest BCUT2D eigenvalue weighted by Gasteiger charge is 2.32. The Morgan fingerprint density at radius 3 is 2.75 bits per heavy atom. The van der Waals surface area contributed by atoms with E-state index < -0.39 is 0 Å². The molecule has 0 bridgehead atoms. The summed E-state index contributed by atoms with van der Waals surface area (Å²) < 4.78 is 0. The minimum Gasteiger partial charge on any atom is -0.396 e. The van der Waals surface area contributed by atoms with E-state index in [1.807, 2.05) is 6.92 Å². The second kappa shape index (κ2) is 5.71. The van der Waals surface area contributed by atoms with Gasteiger partial charge in [-0.15, -0.1) is 11.3 Å². The second-order valence-corrected chi connectivity index (χ2v) is 6.56. The van der Waals surface area contributed by atoms with Gasteiger partial charge in [-0.25, -0.2) is 0 Å². The van der Waals surface area contributed by atoms with Gasteiger partial charge in [-0.3, -0.25) is 4.79 Å². The summed E-state index contributed by atoms with van der Waals surface area (Å²) in [6.45, 7) is 5.44. The summed E-state index contributed by atoms with van der Waals surface area (Å²) in [6.07, 6.45) is 3.66. The van der Waals surface area contributed by atoms with Gasteiger partial charge in [-0.2, -0.15) is 5.26 Å². The average Bonchev–Trinajstić information content (AvgIpc) is 2.71. The van der Waals surface area contributed by atoms with E-state index in [1.165, 1.54) is 30.6 Å². The van der Waals surface area contributed by atoms with E-state index in [0.717, 1.165) is 6.54 Å². The second-order valence-electron chi connectivity index (χ2n) is 5.54. The Labute approximate surface area is 123 Å². The molecule has 20 heavy (non-hydrogen) atoms. The fourth-order valence-electron chi connectivity index (χ4n) is 2.34. The largest absolute Gasteiger partial charge is 0.396 e. The third-order valence-corrected chi connectivity index (χ3v) is 5.00. The average molecular weight is 292 g/mol. The summed E-state index contributed by atoms with van der Waals surface area (Å²) in [7, 11) is 0. The van der Waals surface area contributed by atoms with Crippen LogP contribution in [0.3, 0.4) is 0 Å². The minimum absolute atomic E-state index is 0.214. The standard InChI is InChI=1S/C14H20N4OS/c1-3-17-12(19)11-10(16)9(7-15)13(20-11)18-8-14(2)5-4-6-14/h18H,3-6,8,16H2,1-2H3,(H,17,19). The number of nitrogens with one attached hydrogen (secondary N) is 2. The van der Waals surface area contributed by atoms with Crippen molar-refractivity contribution in [3.63, 3.8) is 0 Å². The number of thiophene rings is 1. The third-order valence-electron chi connectivity index (χ3n) is 3.84. The van der Waals surface area contributed by atoms with Crippen LogP contribution in [0.5, 0.6) is 0 Å². The van der Waals surface area contributed by atoms with Crippen molar-refractivity contribution in [1.29, 1.82) is 5.26 Å². The molecule has 5 nitrogen and oxygen atoms in total. The van der Waals surface area contributed by atoms with E-state index in [1.54, 1.807) is 0 Å². The SMILES string of the molecule is CCNC(=O)c1sc(NCC2(C)CCC2)c(C#N)c1N. The molecule has 1 aromatic rings. The molecule has 0 aliphatic heterocycles. The Hall–Kier alpha value is -1.74. The monoisotopic (exact) mass is 292 g/mol. The van der Waals surface area contributed by atoms with Crippen molar-refractivity contribution in [3.8, 4) is 6.07 Å². The molecule has 1 aliphatic rings. The van der Waals surface area contributed by atoms with Gasteiger partial charge in [0.05, 0.1) is 5.69 Å². The summed E-state index contributed by atoms with van der Waals surface area (Å²) in [5, 5.41) is 16.0. The van der Waals surface area contributed by atoms with Gasteiger partial charge in [0.2, 0.25) is 0 Å². The van der Waals surface area contributed by atoms with Crippen molar-refractivity contribution in [1.82, 2.24) is 5.32 Å². The summed E-state index contributed by atoms with van der Waals surface area (Å²) in [6, 6.07) is 2.10. The highest BCUT2D eigenvalue weighted by atomic mass is 32.1. The predicted molar refractivity (Wildman–Crippen MR) is 81.9 cm³/mol. The summed E-state index contributed by atoms with van der Waals surface area (Å²) in [4.78, 5) is 12.3. The lowest BCUT2D eigenvalue weighted by Gasteiger charge is -2.38. The predicted octanol–water partition coefficient (Wildman–Crippen LogP) is 2.55. The van der Waals surface area contributed by atoms with E-state index >= 15 is 0 Å². The Bertz CT molecular complexity index is 554. The summed E-state index contributed by atoms with van der Waals surface area (Å²) in [5.74, 6) is -0.214. The molecule has 6 heteroatoms. The van der Waals surface area contributed by atoms with Gasteiger partial charge in [-0.1, -0.05) is 13.3 Å². The van der Waals surface area contributed by atoms with E-state index in [4.69, 9.17) is 5.73 Å². The van der Waals surface area contributed by atoms with Crippen LogP contribution in [0.15, 0.2) is 0 Å². The fourth-order valence-corrected chi connectivity index (χ4v) is 3.32. The van der Waals surface area contributed by atoms with Gasteiger partial charge < -0.3 is 16.4 Å². The molecule has 1 amide bonds. The number of nitrogen functional groups attached to an aromatic ring is 1. The topological polar surface area (TPSA) is 90.9 Å². The first-order chi connectivity index (χ1) is 9.50. The Morgan fingerprint density at radius 1 is 1.55 bits per heavy atom. The zero-order chi connectivity index (χ0) is 14.8. The maximum absolute atomic E-state index is 11.9. The van der Waals surface area contributed by atoms with Crippen LogP contribution >= 0.6 is 11.3 Å². The molecule has 2 rings (SSSR count). The van der Waals surface area contributed by atoms with Crippen LogP contribution in [0.4, 0.5) is 10.7 Å². The lowest BCUT2D eigenvalue weighted by molar-refractivity contribution is 0.0960. The first kappa shape index (κ1) is 14.7. The molecule has 108 valence electrons. The molecular weight excluding hydrogens is 272 g/mol. The maximum Gasteiger partial charge on any atom is 0.263 e. The molecular formula is C14H20N4OS. The van der Waals surface area contributed by atoms with Gasteiger partial charge in [0, 0.05) is 13.1 Å². The van der Waals surface area contributed by atoms with Crippen LogP contribution < -0.4 is 16.4 Å². The smallest absolute Gasteiger partial charge is 0.263 e. The van der Waals surface area contributed by atoms with Crippen molar-refractivity contribution in [2.24, 2.45) is 5.41 Å². The van der Waals surface area contributed by atoms with Crippen LogP contribution in [0.2, 0.25) is 0 Å². The van der Waals surface area contributed by atoms with Gasteiger partial charge in [0.25, 0.3) is 5.91 Å². The van der Waals surface area contributed by atoms with Crippen molar-refractivity contribution in [3.05, 3.63) is 10.4 Å². The zero-order valence-electron chi connectivity index (χ0n) is 11.9. The molecule has 1 aliphatic carbocycles. The Balaban J connectivity index is 2.18. The number of nitrogens with zero attached hydrogens (tertiary/aromatic N) is 1. The number of rotatable bonds is 5.